The molecule has 0 bridgehead atoms. The summed E-state index contributed by atoms with van der Waals surface area (Å²) in [5.41, 5.74) is 4.83. The van der Waals surface area contributed by atoms with Crippen LogP contribution in [-0.4, -0.2) is 33.8 Å². The van der Waals surface area contributed by atoms with E-state index in [2.05, 4.69) is 0 Å². The number of carboxylic acid groups (broad SMARTS) is 1. The molecule has 2 unspecified atom stereocenters. The van der Waals surface area contributed by atoms with Gasteiger partial charge in [-0.3, -0.25) is 4.79 Å². The van der Waals surface area contributed by atoms with Crippen molar-refractivity contribution >= 4 is 13.1 Å². The quantitative estimate of drug-likeness (QED) is 0.504. The minimum absolute atomic E-state index is 0.0440. The van der Waals surface area contributed by atoms with Gasteiger partial charge >= 0.3 is 13.1 Å². The molecule has 1 aliphatic rings. The second kappa shape index (κ2) is 5.66. The summed E-state index contributed by atoms with van der Waals surface area (Å²) in [5, 5.41) is 26.6. The number of carboxylic acids is 1. The molecule has 16 heavy (non-hydrogen) atoms. The molecule has 0 amide bonds. The smallest absolute Gasteiger partial charge is 0.451 e. The molecule has 0 heterocycles. The third kappa shape index (κ3) is 3.20. The van der Waals surface area contributed by atoms with E-state index in [0.29, 0.717) is 19.3 Å². The van der Waals surface area contributed by atoms with Gasteiger partial charge in [-0.25, -0.2) is 0 Å². The Labute approximate surface area is 95.8 Å². The Morgan fingerprint density at radius 3 is 2.69 bits per heavy atom. The molecule has 1 aliphatic carbocycles. The number of hydrogen-bond acceptors (Lipinski definition) is 4. The highest BCUT2D eigenvalue weighted by molar-refractivity contribution is 6.40. The predicted octanol–water partition coefficient (Wildman–Crippen LogP) is 0.212. The third-order valence-corrected chi connectivity index (χ3v) is 3.53. The first-order chi connectivity index (χ1) is 7.47. The zero-order valence-electron chi connectivity index (χ0n) is 9.43. The van der Waals surface area contributed by atoms with Crippen molar-refractivity contribution in [2.24, 2.45) is 11.7 Å². The van der Waals surface area contributed by atoms with Crippen LogP contribution in [0.1, 0.15) is 38.5 Å². The molecule has 0 aliphatic heterocycles. The molecule has 0 aromatic heterocycles. The molecule has 1 fully saturated rings. The Morgan fingerprint density at radius 1 is 1.44 bits per heavy atom. The lowest BCUT2D eigenvalue weighted by Gasteiger charge is -2.37. The maximum absolute atomic E-state index is 11.2. The number of hydrogen-bond donors (Lipinski definition) is 4. The van der Waals surface area contributed by atoms with E-state index in [4.69, 9.17) is 20.9 Å². The van der Waals surface area contributed by atoms with Crippen LogP contribution in [0.25, 0.3) is 0 Å². The molecule has 0 saturated heterocycles. The molecule has 5 N–H and O–H groups in total. The number of nitrogens with two attached hydrogens (primary N) is 1. The first-order valence-corrected chi connectivity index (χ1v) is 5.85. The summed E-state index contributed by atoms with van der Waals surface area (Å²) in [7, 11) is -1.31. The maximum Gasteiger partial charge on any atom is 0.451 e. The van der Waals surface area contributed by atoms with E-state index in [1.54, 1.807) is 0 Å². The first kappa shape index (κ1) is 13.5. The van der Waals surface area contributed by atoms with Crippen molar-refractivity contribution in [3.8, 4) is 0 Å². The van der Waals surface area contributed by atoms with Gasteiger partial charge in [0.2, 0.25) is 0 Å². The summed E-state index contributed by atoms with van der Waals surface area (Å²) in [6.07, 6.45) is 4.76. The predicted molar refractivity (Wildman–Crippen MR) is 60.7 cm³/mol. The van der Waals surface area contributed by atoms with Crippen LogP contribution in [0.3, 0.4) is 0 Å². The van der Waals surface area contributed by atoms with Crippen molar-refractivity contribution < 1.29 is 19.9 Å². The summed E-state index contributed by atoms with van der Waals surface area (Å²) in [6, 6.07) is 0. The van der Waals surface area contributed by atoms with Crippen molar-refractivity contribution in [2.45, 2.75) is 50.4 Å². The van der Waals surface area contributed by atoms with Gasteiger partial charge < -0.3 is 20.9 Å². The molecular weight excluding hydrogens is 209 g/mol. The Morgan fingerprint density at radius 2 is 2.12 bits per heavy atom. The van der Waals surface area contributed by atoms with Crippen molar-refractivity contribution in [3.05, 3.63) is 0 Å². The van der Waals surface area contributed by atoms with Crippen molar-refractivity contribution in [1.82, 2.24) is 0 Å². The SMILES string of the molecule is NC1(C(=O)O)CCCCC1CCCB(O)O. The molecule has 92 valence electrons. The second-order valence-corrected chi connectivity index (χ2v) is 4.70. The van der Waals surface area contributed by atoms with Crippen molar-refractivity contribution in [2.75, 3.05) is 0 Å². The molecular formula is C10H20BNO4. The lowest BCUT2D eigenvalue weighted by Crippen LogP contribution is -2.55. The van der Waals surface area contributed by atoms with E-state index in [9.17, 15) is 4.79 Å². The van der Waals surface area contributed by atoms with Crippen molar-refractivity contribution in [3.63, 3.8) is 0 Å². The normalized spacial score (nSPS) is 30.1. The summed E-state index contributed by atoms with van der Waals surface area (Å²) in [6.45, 7) is 0. The summed E-state index contributed by atoms with van der Waals surface area (Å²) < 4.78 is 0. The van der Waals surface area contributed by atoms with Crippen LogP contribution in [0.15, 0.2) is 0 Å². The molecule has 0 aromatic rings. The summed E-state index contributed by atoms with van der Waals surface area (Å²) in [4.78, 5) is 11.2. The zero-order valence-corrected chi connectivity index (χ0v) is 9.43. The Kier molecular flexibility index (Phi) is 4.77. The maximum atomic E-state index is 11.2. The Hall–Kier alpha value is -0.585. The fourth-order valence-electron chi connectivity index (χ4n) is 2.50. The number of aliphatic carboxylic acids is 1. The highest BCUT2D eigenvalue weighted by Gasteiger charge is 2.43. The van der Waals surface area contributed by atoms with Crippen LogP contribution in [-0.2, 0) is 4.79 Å². The zero-order chi connectivity index (χ0) is 12.2. The van der Waals surface area contributed by atoms with Gasteiger partial charge in [0.15, 0.2) is 0 Å². The van der Waals surface area contributed by atoms with Crippen LogP contribution in [0.2, 0.25) is 6.32 Å². The van der Waals surface area contributed by atoms with E-state index >= 15 is 0 Å². The average molecular weight is 229 g/mol. The van der Waals surface area contributed by atoms with Crippen LogP contribution in [0.5, 0.6) is 0 Å². The fourth-order valence-corrected chi connectivity index (χ4v) is 2.50. The van der Waals surface area contributed by atoms with Gasteiger partial charge in [0.1, 0.15) is 5.54 Å². The van der Waals surface area contributed by atoms with E-state index < -0.39 is 18.6 Å². The Balaban J connectivity index is 2.51. The highest BCUT2D eigenvalue weighted by Crippen LogP contribution is 2.35. The van der Waals surface area contributed by atoms with Crippen LogP contribution < -0.4 is 5.73 Å². The lowest BCUT2D eigenvalue weighted by atomic mass is 9.70. The summed E-state index contributed by atoms with van der Waals surface area (Å²) >= 11 is 0. The fraction of sp³-hybridized carbons (Fsp3) is 0.900. The van der Waals surface area contributed by atoms with E-state index in [1.807, 2.05) is 0 Å². The van der Waals surface area contributed by atoms with Gasteiger partial charge in [-0.2, -0.15) is 0 Å². The molecule has 2 atom stereocenters. The standard InChI is InChI=1S/C10H20BNO4/c12-10(9(13)14)6-2-1-4-8(10)5-3-7-11(15)16/h8,15-16H,1-7,12H2,(H,13,14). The van der Waals surface area contributed by atoms with Crippen molar-refractivity contribution in [1.29, 1.82) is 0 Å². The highest BCUT2D eigenvalue weighted by atomic mass is 16.4. The number of carbonyl (C=O) groups is 1. The average Bonchev–Trinajstić information content (AvgIpc) is 2.20. The molecule has 5 nitrogen and oxygen atoms in total. The van der Waals surface area contributed by atoms with E-state index in [0.717, 1.165) is 19.3 Å². The largest absolute Gasteiger partial charge is 0.480 e. The van der Waals surface area contributed by atoms with E-state index in [1.165, 1.54) is 0 Å². The minimum Gasteiger partial charge on any atom is -0.480 e. The third-order valence-electron chi connectivity index (χ3n) is 3.53. The van der Waals surface area contributed by atoms with Gasteiger partial charge in [0.25, 0.3) is 0 Å². The topological polar surface area (TPSA) is 104 Å². The molecule has 0 aromatic carbocycles. The summed E-state index contributed by atoms with van der Waals surface area (Å²) in [5.74, 6) is -0.973. The van der Waals surface area contributed by atoms with Crippen LogP contribution in [0.4, 0.5) is 0 Å². The minimum atomic E-state index is -1.31. The van der Waals surface area contributed by atoms with E-state index in [-0.39, 0.29) is 12.2 Å². The first-order valence-electron chi connectivity index (χ1n) is 5.85. The van der Waals surface area contributed by atoms with Gasteiger partial charge in [-0.1, -0.05) is 19.3 Å². The molecule has 0 radical (unpaired) electrons. The molecule has 1 saturated carbocycles. The monoisotopic (exact) mass is 229 g/mol. The van der Waals surface area contributed by atoms with Gasteiger partial charge in [0, 0.05) is 0 Å². The van der Waals surface area contributed by atoms with Crippen LogP contribution >= 0.6 is 0 Å². The number of rotatable bonds is 5. The lowest BCUT2D eigenvalue weighted by molar-refractivity contribution is -0.147. The Bertz CT molecular complexity index is 249. The second-order valence-electron chi connectivity index (χ2n) is 4.70. The molecule has 1 rings (SSSR count). The van der Waals surface area contributed by atoms with Gasteiger partial charge in [-0.15, -0.1) is 0 Å². The van der Waals surface area contributed by atoms with Gasteiger partial charge in [0.05, 0.1) is 0 Å². The molecule has 6 heteroatoms. The molecule has 0 spiro atoms. The van der Waals surface area contributed by atoms with Gasteiger partial charge in [-0.05, 0) is 31.5 Å². The van der Waals surface area contributed by atoms with Crippen LogP contribution in [0, 0.1) is 5.92 Å².